The number of carbonyl (C=O) groups excluding carboxylic acids is 1. The highest BCUT2D eigenvalue weighted by Gasteiger charge is 2.31. The summed E-state index contributed by atoms with van der Waals surface area (Å²) in [6.07, 6.45) is 2.33. The van der Waals surface area contributed by atoms with Gasteiger partial charge in [-0.05, 0) is 37.0 Å². The van der Waals surface area contributed by atoms with E-state index >= 15 is 0 Å². The number of benzene rings is 1. The van der Waals surface area contributed by atoms with Gasteiger partial charge in [-0.25, -0.2) is 0 Å². The lowest BCUT2D eigenvalue weighted by atomic mass is 9.86. The largest absolute Gasteiger partial charge is 0.416 e. The summed E-state index contributed by atoms with van der Waals surface area (Å²) in [6, 6.07) is 5.43. The van der Waals surface area contributed by atoms with Crippen molar-refractivity contribution in [3.05, 3.63) is 29.8 Å². The smallest absolute Gasteiger partial charge is 0.368 e. The Bertz CT molecular complexity index is 589. The van der Waals surface area contributed by atoms with Crippen LogP contribution in [0, 0.1) is 5.92 Å². The van der Waals surface area contributed by atoms with E-state index in [1.807, 2.05) is 9.80 Å². The number of halogens is 3. The van der Waals surface area contributed by atoms with Gasteiger partial charge in [0.15, 0.2) is 0 Å². The van der Waals surface area contributed by atoms with E-state index < -0.39 is 11.7 Å². The Morgan fingerprint density at radius 1 is 1.04 bits per heavy atom. The molecule has 3 rings (SSSR count). The number of alkyl halides is 3. The number of anilines is 1. The van der Waals surface area contributed by atoms with E-state index in [1.54, 1.807) is 6.07 Å². The number of nitrogens with zero attached hydrogens (tertiary/aromatic N) is 2. The van der Waals surface area contributed by atoms with Crippen molar-refractivity contribution < 1.29 is 18.0 Å². The molecular weight excluding hydrogens is 329 g/mol. The zero-order chi connectivity index (χ0) is 17.9. The topological polar surface area (TPSA) is 23.6 Å². The molecule has 1 aromatic carbocycles. The fraction of sp³-hybridized carbons (Fsp3) is 0.632. The summed E-state index contributed by atoms with van der Waals surface area (Å²) in [5, 5.41) is 0. The summed E-state index contributed by atoms with van der Waals surface area (Å²) in [4.78, 5) is 16.3. The van der Waals surface area contributed by atoms with Gasteiger partial charge in [0.05, 0.1) is 5.56 Å². The first-order valence-electron chi connectivity index (χ1n) is 9.13. The van der Waals surface area contributed by atoms with Crippen LogP contribution >= 0.6 is 0 Å². The molecule has 1 amide bonds. The van der Waals surface area contributed by atoms with Crippen LogP contribution in [-0.4, -0.2) is 37.0 Å². The van der Waals surface area contributed by atoms with Gasteiger partial charge in [0.2, 0.25) is 5.91 Å². The van der Waals surface area contributed by atoms with Crippen molar-refractivity contribution in [3.63, 3.8) is 0 Å². The van der Waals surface area contributed by atoms with Crippen molar-refractivity contribution in [1.29, 1.82) is 0 Å². The summed E-state index contributed by atoms with van der Waals surface area (Å²) in [5.41, 5.74) is -0.0463. The molecule has 1 saturated carbocycles. The van der Waals surface area contributed by atoms with E-state index in [2.05, 4.69) is 0 Å². The molecule has 1 saturated heterocycles. The van der Waals surface area contributed by atoms with Crippen LogP contribution in [-0.2, 0) is 11.0 Å². The Labute approximate surface area is 146 Å². The van der Waals surface area contributed by atoms with Crippen LogP contribution in [0.4, 0.5) is 18.9 Å². The third kappa shape index (κ3) is 4.67. The molecule has 1 aliphatic heterocycles. The molecule has 6 heteroatoms. The van der Waals surface area contributed by atoms with Gasteiger partial charge in [0.25, 0.3) is 0 Å². The van der Waals surface area contributed by atoms with Crippen LogP contribution < -0.4 is 4.90 Å². The van der Waals surface area contributed by atoms with Crippen molar-refractivity contribution in [2.75, 3.05) is 31.1 Å². The highest BCUT2D eigenvalue weighted by Crippen LogP contribution is 2.32. The van der Waals surface area contributed by atoms with Crippen LogP contribution in [0.1, 0.15) is 44.1 Å². The second-order valence-corrected chi connectivity index (χ2v) is 7.12. The van der Waals surface area contributed by atoms with E-state index in [1.165, 1.54) is 31.4 Å². The zero-order valence-corrected chi connectivity index (χ0v) is 14.4. The van der Waals surface area contributed by atoms with E-state index in [9.17, 15) is 18.0 Å². The molecule has 2 fully saturated rings. The molecule has 138 valence electrons. The Morgan fingerprint density at radius 3 is 2.36 bits per heavy atom. The molecule has 3 nitrogen and oxygen atoms in total. The summed E-state index contributed by atoms with van der Waals surface area (Å²) >= 11 is 0. The van der Waals surface area contributed by atoms with Gasteiger partial charge in [-0.3, -0.25) is 4.79 Å². The average molecular weight is 354 g/mol. The van der Waals surface area contributed by atoms with Crippen LogP contribution in [0.15, 0.2) is 24.3 Å². The first-order chi connectivity index (χ1) is 11.9. The molecule has 1 heterocycles. The van der Waals surface area contributed by atoms with Crippen molar-refractivity contribution in [2.45, 2.75) is 44.7 Å². The summed E-state index contributed by atoms with van der Waals surface area (Å²) in [5.74, 6) is 0.721. The molecule has 2 aliphatic rings. The lowest BCUT2D eigenvalue weighted by molar-refractivity contribution is -0.137. The number of piperazine rings is 1. The normalized spacial score (nSPS) is 20.0. The Kier molecular flexibility index (Phi) is 5.54. The second kappa shape index (κ2) is 7.67. The fourth-order valence-corrected chi connectivity index (χ4v) is 3.86. The summed E-state index contributed by atoms with van der Waals surface area (Å²) < 4.78 is 38.6. The minimum absolute atomic E-state index is 0.204. The molecule has 0 unspecified atom stereocenters. The first-order valence-corrected chi connectivity index (χ1v) is 9.13. The number of hydrogen-bond acceptors (Lipinski definition) is 2. The van der Waals surface area contributed by atoms with E-state index in [0.29, 0.717) is 44.2 Å². The first kappa shape index (κ1) is 18.1. The van der Waals surface area contributed by atoms with Gasteiger partial charge in [0.1, 0.15) is 0 Å². The van der Waals surface area contributed by atoms with Crippen LogP contribution in [0.3, 0.4) is 0 Å². The van der Waals surface area contributed by atoms with Crippen molar-refractivity contribution >= 4 is 11.6 Å². The fourth-order valence-electron chi connectivity index (χ4n) is 3.86. The maximum absolute atomic E-state index is 12.9. The Hall–Kier alpha value is -1.72. The van der Waals surface area contributed by atoms with E-state index in [-0.39, 0.29) is 5.91 Å². The van der Waals surface area contributed by atoms with Gasteiger partial charge in [-0.15, -0.1) is 0 Å². The monoisotopic (exact) mass is 354 g/mol. The van der Waals surface area contributed by atoms with Gasteiger partial charge < -0.3 is 9.80 Å². The highest BCUT2D eigenvalue weighted by molar-refractivity contribution is 5.76. The van der Waals surface area contributed by atoms with Crippen LogP contribution in [0.2, 0.25) is 0 Å². The number of hydrogen-bond donors (Lipinski definition) is 0. The molecular formula is C19H25F3N2O. The van der Waals surface area contributed by atoms with Gasteiger partial charge in [0, 0.05) is 38.3 Å². The van der Waals surface area contributed by atoms with Crippen molar-refractivity contribution in [2.24, 2.45) is 5.92 Å². The minimum Gasteiger partial charge on any atom is -0.368 e. The molecule has 0 N–H and O–H groups in total. The van der Waals surface area contributed by atoms with Crippen molar-refractivity contribution in [3.8, 4) is 0 Å². The summed E-state index contributed by atoms with van der Waals surface area (Å²) in [6.45, 7) is 2.33. The molecule has 1 aliphatic carbocycles. The molecule has 0 atom stereocenters. The van der Waals surface area contributed by atoms with E-state index in [0.717, 1.165) is 18.9 Å². The average Bonchev–Trinajstić information content (AvgIpc) is 2.62. The quantitative estimate of drug-likeness (QED) is 0.807. The highest BCUT2D eigenvalue weighted by atomic mass is 19.4. The van der Waals surface area contributed by atoms with Crippen LogP contribution in [0.25, 0.3) is 0 Å². The Morgan fingerprint density at radius 2 is 1.72 bits per heavy atom. The summed E-state index contributed by atoms with van der Waals surface area (Å²) in [7, 11) is 0. The number of amides is 1. The number of carbonyl (C=O) groups is 1. The third-order valence-corrected chi connectivity index (χ3v) is 5.36. The van der Waals surface area contributed by atoms with Gasteiger partial charge >= 0.3 is 6.18 Å². The maximum Gasteiger partial charge on any atom is 0.416 e. The molecule has 0 radical (unpaired) electrons. The standard InChI is InChI=1S/C19H25F3N2O/c20-19(21,22)16-7-4-8-17(14-16)23-9-11-24(12-10-23)18(25)13-15-5-2-1-3-6-15/h4,7-8,14-15H,1-3,5-6,9-13H2. The molecule has 0 aromatic heterocycles. The van der Waals surface area contributed by atoms with Crippen molar-refractivity contribution in [1.82, 2.24) is 4.90 Å². The predicted molar refractivity (Wildman–Crippen MR) is 91.4 cm³/mol. The number of rotatable bonds is 3. The molecule has 0 bridgehead atoms. The van der Waals surface area contributed by atoms with Crippen LogP contribution in [0.5, 0.6) is 0 Å². The third-order valence-electron chi connectivity index (χ3n) is 5.36. The minimum atomic E-state index is -4.33. The lowest BCUT2D eigenvalue weighted by Gasteiger charge is -2.37. The molecule has 25 heavy (non-hydrogen) atoms. The second-order valence-electron chi connectivity index (χ2n) is 7.12. The lowest BCUT2D eigenvalue weighted by Crippen LogP contribution is -2.49. The van der Waals surface area contributed by atoms with Gasteiger partial charge in [-0.2, -0.15) is 13.2 Å². The molecule has 1 aromatic rings. The Balaban J connectivity index is 1.54. The molecule has 0 spiro atoms. The maximum atomic E-state index is 12.9. The predicted octanol–water partition coefficient (Wildman–Crippen LogP) is 4.32. The SMILES string of the molecule is O=C(CC1CCCCC1)N1CCN(c2cccc(C(F)(F)F)c2)CC1. The zero-order valence-electron chi connectivity index (χ0n) is 14.4. The van der Waals surface area contributed by atoms with E-state index in [4.69, 9.17) is 0 Å². The van der Waals surface area contributed by atoms with Gasteiger partial charge in [-0.1, -0.05) is 25.3 Å².